The Morgan fingerprint density at radius 3 is 2.25 bits per heavy atom. The van der Waals surface area contributed by atoms with Crippen LogP contribution in [0.3, 0.4) is 0 Å². The quantitative estimate of drug-likeness (QED) is 0.581. The molecule has 1 aliphatic heterocycles. The van der Waals surface area contributed by atoms with E-state index in [4.69, 9.17) is 5.11 Å². The Kier molecular flexibility index (Phi) is 6.13. The van der Waals surface area contributed by atoms with Crippen LogP contribution < -0.4 is 9.64 Å². The average Bonchev–Trinajstić information content (AvgIpc) is 3.63. The first kappa shape index (κ1) is 24.1. The van der Waals surface area contributed by atoms with Gasteiger partial charge in [-0.2, -0.15) is 0 Å². The van der Waals surface area contributed by atoms with Crippen molar-refractivity contribution in [3.63, 3.8) is 0 Å². The van der Waals surface area contributed by atoms with Gasteiger partial charge in [0, 0.05) is 35.7 Å². The summed E-state index contributed by atoms with van der Waals surface area (Å²) in [7, 11) is 0. The van der Waals surface area contributed by atoms with Crippen molar-refractivity contribution in [2.45, 2.75) is 63.0 Å². The van der Waals surface area contributed by atoms with Gasteiger partial charge in [-0.3, -0.25) is 14.4 Å². The molecule has 1 heterocycles. The highest BCUT2D eigenvalue weighted by atomic mass is 19.4. The third-order valence-corrected chi connectivity index (χ3v) is 7.18. The SMILES string of the molecule is O=C(O)CCC(=O)N(C1CC1)[C@H]1c2ccccc2N(C(=O)c2ccc(OC(F)(F)F)cc2)[C@@H]2CC[C@@H]21. The molecule has 190 valence electrons. The average molecular weight is 502 g/mol. The number of amides is 2. The molecule has 2 aromatic carbocycles. The van der Waals surface area contributed by atoms with Gasteiger partial charge in [-0.15, -0.1) is 13.2 Å². The molecular weight excluding hydrogens is 477 g/mol. The Labute approximate surface area is 205 Å². The molecule has 7 nitrogen and oxygen atoms in total. The van der Waals surface area contributed by atoms with Crippen molar-refractivity contribution >= 4 is 23.5 Å². The summed E-state index contributed by atoms with van der Waals surface area (Å²) in [5.41, 5.74) is 1.74. The maximum Gasteiger partial charge on any atom is 0.573 e. The molecule has 3 aliphatic rings. The Morgan fingerprint density at radius 1 is 0.972 bits per heavy atom. The number of carboxylic acid groups (broad SMARTS) is 1. The van der Waals surface area contributed by atoms with Gasteiger partial charge in [-0.1, -0.05) is 18.2 Å². The lowest BCUT2D eigenvalue weighted by molar-refractivity contribution is -0.274. The minimum Gasteiger partial charge on any atom is -0.481 e. The van der Waals surface area contributed by atoms with Crippen LogP contribution in [0.4, 0.5) is 18.9 Å². The third-order valence-electron chi connectivity index (χ3n) is 7.18. The van der Waals surface area contributed by atoms with E-state index >= 15 is 0 Å². The Hall–Kier alpha value is -3.56. The molecule has 2 aliphatic carbocycles. The second-order valence-electron chi connectivity index (χ2n) is 9.49. The molecule has 0 bridgehead atoms. The van der Waals surface area contributed by atoms with Crippen molar-refractivity contribution in [3.8, 4) is 5.75 Å². The number of rotatable bonds is 7. The van der Waals surface area contributed by atoms with Gasteiger partial charge in [0.25, 0.3) is 5.91 Å². The van der Waals surface area contributed by atoms with Gasteiger partial charge >= 0.3 is 12.3 Å². The van der Waals surface area contributed by atoms with Gasteiger partial charge in [-0.25, -0.2) is 0 Å². The molecule has 5 rings (SSSR count). The van der Waals surface area contributed by atoms with Crippen LogP contribution >= 0.6 is 0 Å². The van der Waals surface area contributed by atoms with Crippen molar-refractivity contribution < 1.29 is 37.4 Å². The second-order valence-corrected chi connectivity index (χ2v) is 9.49. The van der Waals surface area contributed by atoms with Crippen LogP contribution in [0.25, 0.3) is 0 Å². The lowest BCUT2D eigenvalue weighted by Gasteiger charge is -2.55. The Morgan fingerprint density at radius 2 is 1.67 bits per heavy atom. The molecule has 2 saturated carbocycles. The van der Waals surface area contributed by atoms with Crippen molar-refractivity contribution in [2.24, 2.45) is 5.92 Å². The highest BCUT2D eigenvalue weighted by Crippen LogP contribution is 2.54. The van der Waals surface area contributed by atoms with Gasteiger partial charge in [-0.05, 0) is 61.6 Å². The predicted octanol–water partition coefficient (Wildman–Crippen LogP) is 4.92. The number of aliphatic carboxylic acids is 1. The number of para-hydroxylation sites is 1. The molecule has 0 spiro atoms. The number of hydrogen-bond acceptors (Lipinski definition) is 4. The molecule has 0 unspecified atom stereocenters. The number of anilines is 1. The minimum atomic E-state index is -4.82. The standard InChI is InChI=1S/C26H25F3N2O5/c27-26(28,29)36-17-9-5-15(6-10-17)25(35)31-20-4-2-1-3-18(20)24(19-11-12-21(19)31)30(16-7-8-16)22(32)13-14-23(33)34/h1-6,9-10,16,19,21,24H,7-8,11-14H2,(H,33,34)/t19-,21+,24-/m0/s1. The van der Waals surface area contributed by atoms with Crippen LogP contribution in [0.2, 0.25) is 0 Å². The van der Waals surface area contributed by atoms with Gasteiger partial charge < -0.3 is 19.6 Å². The van der Waals surface area contributed by atoms with Gasteiger partial charge in [0.05, 0.1) is 12.5 Å². The first-order valence-electron chi connectivity index (χ1n) is 12.0. The Bertz CT molecular complexity index is 1180. The number of carboxylic acids is 1. The number of carbonyl (C=O) groups excluding carboxylic acids is 2. The van der Waals surface area contributed by atoms with Crippen LogP contribution in [-0.4, -0.2) is 46.2 Å². The number of hydrogen-bond donors (Lipinski definition) is 1. The van der Waals surface area contributed by atoms with E-state index in [0.717, 1.165) is 43.4 Å². The summed E-state index contributed by atoms with van der Waals surface area (Å²) in [5.74, 6) is -1.95. The first-order chi connectivity index (χ1) is 17.1. The van der Waals surface area contributed by atoms with E-state index in [1.807, 2.05) is 29.2 Å². The van der Waals surface area contributed by atoms with Gasteiger partial charge in [0.15, 0.2) is 0 Å². The number of alkyl halides is 3. The van der Waals surface area contributed by atoms with Crippen molar-refractivity contribution in [2.75, 3.05) is 4.90 Å². The van der Waals surface area contributed by atoms with E-state index in [1.165, 1.54) is 12.1 Å². The van der Waals surface area contributed by atoms with E-state index in [-0.39, 0.29) is 54.3 Å². The summed E-state index contributed by atoms with van der Waals surface area (Å²) in [6.45, 7) is 0. The lowest BCUT2D eigenvalue weighted by atomic mass is 9.67. The number of fused-ring (bicyclic) bond motifs is 2. The third kappa shape index (κ3) is 4.64. The van der Waals surface area contributed by atoms with Gasteiger partial charge in [0.1, 0.15) is 5.75 Å². The number of ether oxygens (including phenoxy) is 1. The van der Waals surface area contributed by atoms with Gasteiger partial charge in [0.2, 0.25) is 5.91 Å². The number of benzene rings is 2. The molecule has 2 fully saturated rings. The summed E-state index contributed by atoms with van der Waals surface area (Å²) >= 11 is 0. The minimum absolute atomic E-state index is 0.00827. The molecule has 0 aromatic heterocycles. The summed E-state index contributed by atoms with van der Waals surface area (Å²) in [5, 5.41) is 9.07. The summed E-state index contributed by atoms with van der Waals surface area (Å²) in [6.07, 6.45) is -1.85. The fourth-order valence-electron chi connectivity index (χ4n) is 5.40. The highest BCUT2D eigenvalue weighted by molar-refractivity contribution is 6.07. The number of carbonyl (C=O) groups is 3. The van der Waals surface area contributed by atoms with Crippen molar-refractivity contribution in [1.29, 1.82) is 0 Å². The smallest absolute Gasteiger partial charge is 0.481 e. The van der Waals surface area contributed by atoms with E-state index < -0.39 is 18.1 Å². The molecular formula is C26H25F3N2O5. The fourth-order valence-corrected chi connectivity index (χ4v) is 5.40. The number of nitrogens with zero attached hydrogens (tertiary/aromatic N) is 2. The number of halogens is 3. The molecule has 3 atom stereocenters. The van der Waals surface area contributed by atoms with E-state index in [9.17, 15) is 27.6 Å². The highest BCUT2D eigenvalue weighted by Gasteiger charge is 2.53. The summed E-state index contributed by atoms with van der Waals surface area (Å²) in [6, 6.07) is 11.9. The predicted molar refractivity (Wildman–Crippen MR) is 122 cm³/mol. The van der Waals surface area contributed by atoms with Crippen LogP contribution in [0.15, 0.2) is 48.5 Å². The second kappa shape index (κ2) is 9.15. The van der Waals surface area contributed by atoms with Crippen LogP contribution in [0.1, 0.15) is 60.5 Å². The Balaban J connectivity index is 1.46. The van der Waals surface area contributed by atoms with Crippen LogP contribution in [-0.2, 0) is 9.59 Å². The monoisotopic (exact) mass is 502 g/mol. The zero-order valence-corrected chi connectivity index (χ0v) is 19.3. The van der Waals surface area contributed by atoms with Crippen LogP contribution in [0.5, 0.6) is 5.75 Å². The largest absolute Gasteiger partial charge is 0.573 e. The fraction of sp³-hybridized carbons (Fsp3) is 0.423. The maximum absolute atomic E-state index is 13.6. The summed E-state index contributed by atoms with van der Waals surface area (Å²) in [4.78, 5) is 41.4. The summed E-state index contributed by atoms with van der Waals surface area (Å²) < 4.78 is 41.4. The van der Waals surface area contributed by atoms with Crippen LogP contribution in [0, 0.1) is 5.92 Å². The lowest BCUT2D eigenvalue weighted by Crippen LogP contribution is -2.59. The molecule has 0 radical (unpaired) electrons. The molecule has 2 amide bonds. The van der Waals surface area contributed by atoms with Crippen molar-refractivity contribution in [3.05, 3.63) is 59.7 Å². The molecule has 10 heteroatoms. The molecule has 2 aromatic rings. The topological polar surface area (TPSA) is 87.2 Å². The van der Waals surface area contributed by atoms with E-state index in [1.54, 1.807) is 4.90 Å². The zero-order valence-electron chi connectivity index (χ0n) is 19.3. The van der Waals surface area contributed by atoms with E-state index in [0.29, 0.717) is 5.69 Å². The van der Waals surface area contributed by atoms with E-state index in [2.05, 4.69) is 4.74 Å². The molecule has 36 heavy (non-hydrogen) atoms. The first-order valence-corrected chi connectivity index (χ1v) is 12.0. The zero-order chi connectivity index (χ0) is 25.6. The molecule has 0 saturated heterocycles. The molecule has 1 N–H and O–H groups in total. The maximum atomic E-state index is 13.6. The normalized spacial score (nSPS) is 22.6. The van der Waals surface area contributed by atoms with Crippen molar-refractivity contribution in [1.82, 2.24) is 4.90 Å².